The molecule has 4 rings (SSSR count). The zero-order chi connectivity index (χ0) is 19.0. The molecule has 0 unspecified atom stereocenters. The lowest BCUT2D eigenvalue weighted by atomic mass is 9.81. The number of pyridine rings is 2. The molecule has 0 amide bonds. The molecule has 2 atom stereocenters. The predicted molar refractivity (Wildman–Crippen MR) is 97.6 cm³/mol. The van der Waals surface area contributed by atoms with Crippen LogP contribution in [0, 0.1) is 11.6 Å². The van der Waals surface area contributed by atoms with E-state index in [1.807, 2.05) is 6.92 Å². The summed E-state index contributed by atoms with van der Waals surface area (Å²) >= 11 is 0. The van der Waals surface area contributed by atoms with Crippen LogP contribution in [0.15, 0.2) is 70.6 Å². The van der Waals surface area contributed by atoms with Gasteiger partial charge in [0.25, 0.3) is 0 Å². The fourth-order valence-corrected chi connectivity index (χ4v) is 3.40. The molecule has 1 aliphatic heterocycles. The van der Waals surface area contributed by atoms with Crippen LogP contribution in [0.25, 0.3) is 0 Å². The van der Waals surface area contributed by atoms with Crippen molar-refractivity contribution < 1.29 is 8.78 Å². The Morgan fingerprint density at radius 3 is 2.41 bits per heavy atom. The topological polar surface area (TPSA) is 70.1 Å². The van der Waals surface area contributed by atoms with Crippen LogP contribution >= 0.6 is 0 Å². The van der Waals surface area contributed by atoms with Crippen molar-refractivity contribution in [1.82, 2.24) is 15.3 Å². The van der Waals surface area contributed by atoms with Crippen molar-refractivity contribution in [1.29, 1.82) is 0 Å². The largest absolute Gasteiger partial charge is 0.352 e. The van der Waals surface area contributed by atoms with Crippen molar-refractivity contribution in [2.24, 2.45) is 4.99 Å². The third kappa shape index (κ3) is 2.91. The second-order valence-electron chi connectivity index (χ2n) is 6.38. The Labute approximate surface area is 153 Å². The molecule has 7 heteroatoms. The van der Waals surface area contributed by atoms with Crippen LogP contribution in [0.3, 0.4) is 0 Å². The van der Waals surface area contributed by atoms with Gasteiger partial charge in [-0.25, -0.2) is 8.78 Å². The van der Waals surface area contributed by atoms with Gasteiger partial charge in [0, 0.05) is 6.07 Å². The second kappa shape index (κ2) is 6.42. The molecular weight excluding hydrogens is 350 g/mol. The zero-order valence-corrected chi connectivity index (χ0v) is 14.4. The Morgan fingerprint density at radius 2 is 1.74 bits per heavy atom. The van der Waals surface area contributed by atoms with Gasteiger partial charge in [-0.1, -0.05) is 18.2 Å². The summed E-state index contributed by atoms with van der Waals surface area (Å²) in [6.45, 7) is 1.88. The lowest BCUT2D eigenvalue weighted by molar-refractivity contribution is 0.420. The van der Waals surface area contributed by atoms with Crippen molar-refractivity contribution in [3.05, 3.63) is 99.7 Å². The first kappa shape index (κ1) is 17.1. The standard InChI is InChI=1S/C20H16F2N4O/c1-12-20(13-5-7-14(21)8-6-13,17-10-9-15(22)11-23-17)26-19(24-12)16-3-2-4-18(27)25-16/h2-12H,1H3,(H,24,26)(H,25,27)/t12-,20+/m0/s1. The molecular formula is C20H16F2N4O. The minimum Gasteiger partial charge on any atom is -0.352 e. The summed E-state index contributed by atoms with van der Waals surface area (Å²) in [6.07, 6.45) is 1.14. The monoisotopic (exact) mass is 366 g/mol. The highest BCUT2D eigenvalue weighted by molar-refractivity contribution is 5.99. The van der Waals surface area contributed by atoms with Crippen LogP contribution in [0.5, 0.6) is 0 Å². The number of amidine groups is 1. The molecule has 0 bridgehead atoms. The molecule has 0 saturated carbocycles. The van der Waals surface area contributed by atoms with E-state index in [4.69, 9.17) is 0 Å². The van der Waals surface area contributed by atoms with Crippen molar-refractivity contribution in [3.8, 4) is 0 Å². The Morgan fingerprint density at radius 1 is 1.00 bits per heavy atom. The quantitative estimate of drug-likeness (QED) is 0.749. The van der Waals surface area contributed by atoms with E-state index in [0.717, 1.165) is 11.8 Å². The van der Waals surface area contributed by atoms with Crippen molar-refractivity contribution in [3.63, 3.8) is 0 Å². The molecule has 0 aliphatic carbocycles. The third-order valence-electron chi connectivity index (χ3n) is 4.72. The molecule has 3 heterocycles. The van der Waals surface area contributed by atoms with Gasteiger partial charge < -0.3 is 10.3 Å². The number of H-pyrrole nitrogens is 1. The van der Waals surface area contributed by atoms with E-state index in [1.54, 1.807) is 30.3 Å². The molecule has 1 aliphatic rings. The van der Waals surface area contributed by atoms with Gasteiger partial charge >= 0.3 is 0 Å². The highest BCUT2D eigenvalue weighted by atomic mass is 19.1. The summed E-state index contributed by atoms with van der Waals surface area (Å²) in [4.78, 5) is 23.3. The second-order valence-corrected chi connectivity index (χ2v) is 6.38. The third-order valence-corrected chi connectivity index (χ3v) is 4.72. The number of benzene rings is 1. The maximum atomic E-state index is 13.5. The van der Waals surface area contributed by atoms with E-state index in [0.29, 0.717) is 17.2 Å². The molecule has 0 saturated heterocycles. The molecule has 2 aromatic heterocycles. The molecule has 3 aromatic rings. The first-order valence-corrected chi connectivity index (χ1v) is 8.43. The van der Waals surface area contributed by atoms with Gasteiger partial charge in [-0.15, -0.1) is 0 Å². The number of nitrogens with one attached hydrogen (secondary N) is 2. The maximum Gasteiger partial charge on any atom is 0.248 e. The molecule has 0 spiro atoms. The van der Waals surface area contributed by atoms with Crippen LogP contribution in [-0.4, -0.2) is 21.8 Å². The maximum absolute atomic E-state index is 13.5. The van der Waals surface area contributed by atoms with Crippen LogP contribution < -0.4 is 10.9 Å². The molecule has 2 N–H and O–H groups in total. The number of aromatic nitrogens is 2. The van der Waals surface area contributed by atoms with Gasteiger partial charge in [0.2, 0.25) is 5.56 Å². The zero-order valence-electron chi connectivity index (χ0n) is 14.4. The highest BCUT2D eigenvalue weighted by Crippen LogP contribution is 2.37. The van der Waals surface area contributed by atoms with E-state index in [-0.39, 0.29) is 17.4 Å². The molecule has 136 valence electrons. The Bertz CT molecular complexity index is 1010. The van der Waals surface area contributed by atoms with E-state index >= 15 is 0 Å². The van der Waals surface area contributed by atoms with E-state index in [1.165, 1.54) is 24.3 Å². The first-order valence-electron chi connectivity index (χ1n) is 8.43. The van der Waals surface area contributed by atoms with Crippen LogP contribution in [0.2, 0.25) is 0 Å². The number of halogens is 2. The van der Waals surface area contributed by atoms with E-state index in [9.17, 15) is 13.6 Å². The molecule has 0 fully saturated rings. The van der Waals surface area contributed by atoms with Gasteiger partial charge in [0.1, 0.15) is 23.0 Å². The van der Waals surface area contributed by atoms with Gasteiger partial charge in [-0.2, -0.15) is 0 Å². The summed E-state index contributed by atoms with van der Waals surface area (Å²) in [5, 5.41) is 3.34. The van der Waals surface area contributed by atoms with Crippen LogP contribution in [0.4, 0.5) is 8.78 Å². The number of aliphatic imine (C=N–C) groups is 1. The minimum atomic E-state index is -0.927. The number of hydrogen-bond donors (Lipinski definition) is 2. The van der Waals surface area contributed by atoms with Gasteiger partial charge in [0.05, 0.1) is 23.6 Å². The lowest BCUT2D eigenvalue weighted by Crippen LogP contribution is -2.48. The number of hydrogen-bond acceptors (Lipinski definition) is 4. The summed E-state index contributed by atoms with van der Waals surface area (Å²) in [7, 11) is 0. The fourth-order valence-electron chi connectivity index (χ4n) is 3.40. The van der Waals surface area contributed by atoms with Crippen LogP contribution in [-0.2, 0) is 5.54 Å². The van der Waals surface area contributed by atoms with Crippen molar-refractivity contribution >= 4 is 5.84 Å². The normalized spacial score (nSPS) is 21.6. The predicted octanol–water partition coefficient (Wildman–Crippen LogP) is 2.73. The number of nitrogens with zero attached hydrogens (tertiary/aromatic N) is 2. The first-order chi connectivity index (χ1) is 13.0. The van der Waals surface area contributed by atoms with Gasteiger partial charge in [0.15, 0.2) is 0 Å². The Balaban J connectivity index is 1.86. The molecule has 5 nitrogen and oxygen atoms in total. The van der Waals surface area contributed by atoms with E-state index < -0.39 is 11.4 Å². The average Bonchev–Trinajstić information content (AvgIpc) is 3.01. The smallest absolute Gasteiger partial charge is 0.248 e. The summed E-state index contributed by atoms with van der Waals surface area (Å²) < 4.78 is 26.9. The average molecular weight is 366 g/mol. The number of rotatable bonds is 3. The summed E-state index contributed by atoms with van der Waals surface area (Å²) in [6, 6.07) is 13.4. The fraction of sp³-hybridized carbons (Fsp3) is 0.150. The van der Waals surface area contributed by atoms with Crippen LogP contribution in [0.1, 0.15) is 23.9 Å². The molecule has 27 heavy (non-hydrogen) atoms. The van der Waals surface area contributed by atoms with Crippen molar-refractivity contribution in [2.45, 2.75) is 18.5 Å². The highest BCUT2D eigenvalue weighted by Gasteiger charge is 2.46. The van der Waals surface area contributed by atoms with Gasteiger partial charge in [-0.3, -0.25) is 14.8 Å². The van der Waals surface area contributed by atoms with Gasteiger partial charge in [-0.05, 0) is 42.8 Å². The summed E-state index contributed by atoms with van der Waals surface area (Å²) in [5.74, 6) is -0.331. The summed E-state index contributed by atoms with van der Waals surface area (Å²) in [5.41, 5.74) is 0.626. The van der Waals surface area contributed by atoms with Crippen molar-refractivity contribution in [2.75, 3.05) is 0 Å². The molecule has 0 radical (unpaired) electrons. The molecule has 1 aromatic carbocycles. The number of aromatic amines is 1. The Hall–Kier alpha value is -3.35. The lowest BCUT2D eigenvalue weighted by Gasteiger charge is -2.33. The minimum absolute atomic E-state index is 0.246. The Kier molecular flexibility index (Phi) is 4.07. The SMILES string of the molecule is C[C@@H]1N=C(c2cccc(=O)[nH]2)N[C@]1(c1ccc(F)cc1)c1ccc(F)cn1. The van der Waals surface area contributed by atoms with E-state index in [2.05, 4.69) is 20.3 Å².